The number of ether oxygens (including phenoxy) is 1. The van der Waals surface area contributed by atoms with Gasteiger partial charge >= 0.3 is 0 Å². The van der Waals surface area contributed by atoms with E-state index in [0.29, 0.717) is 17.1 Å². The molecule has 1 aromatic rings. The highest BCUT2D eigenvalue weighted by Crippen LogP contribution is 2.13. The number of carbonyl (C=O) groups excluding carboxylic acids is 1. The minimum atomic E-state index is -0.0731. The number of amides is 1. The Balaban J connectivity index is 2.04. The van der Waals surface area contributed by atoms with E-state index in [9.17, 15) is 4.79 Å². The number of carbonyl (C=O) groups is 1. The molecule has 0 radical (unpaired) electrons. The van der Waals surface area contributed by atoms with E-state index in [1.54, 1.807) is 6.07 Å². The minimum absolute atomic E-state index is 0.0731. The summed E-state index contributed by atoms with van der Waals surface area (Å²) in [6.07, 6.45) is 0.889. The summed E-state index contributed by atoms with van der Waals surface area (Å²) >= 11 is 4.24. The van der Waals surface area contributed by atoms with Crippen LogP contribution in [0.4, 0.5) is 0 Å². The molecule has 1 N–H and O–H groups in total. The van der Waals surface area contributed by atoms with Gasteiger partial charge in [0, 0.05) is 11.5 Å². The molecule has 0 aliphatic carbocycles. The Morgan fingerprint density at radius 1 is 1.47 bits per heavy atom. The van der Waals surface area contributed by atoms with Crippen molar-refractivity contribution in [1.82, 2.24) is 5.32 Å². The van der Waals surface area contributed by atoms with Gasteiger partial charge in [-0.1, -0.05) is 12.1 Å². The molecule has 1 fully saturated rings. The molecule has 1 heterocycles. The van der Waals surface area contributed by atoms with Crippen molar-refractivity contribution >= 4 is 18.5 Å². The number of nitrogens with one attached hydrogen (secondary N) is 1. The zero-order valence-electron chi connectivity index (χ0n) is 8.27. The average Bonchev–Trinajstić information content (AvgIpc) is 2.71. The highest BCUT2D eigenvalue weighted by Gasteiger charge is 2.19. The average molecular weight is 223 g/mol. The van der Waals surface area contributed by atoms with Crippen molar-refractivity contribution in [1.29, 1.82) is 0 Å². The van der Waals surface area contributed by atoms with Gasteiger partial charge in [0.25, 0.3) is 5.91 Å². The van der Waals surface area contributed by atoms with E-state index in [-0.39, 0.29) is 11.9 Å². The van der Waals surface area contributed by atoms with E-state index < -0.39 is 0 Å². The van der Waals surface area contributed by atoms with E-state index in [2.05, 4.69) is 17.9 Å². The normalized spacial score (nSPS) is 20.2. The fourth-order valence-corrected chi connectivity index (χ4v) is 1.84. The summed E-state index contributed by atoms with van der Waals surface area (Å²) in [5, 5.41) is 2.92. The Bertz CT molecular complexity index is 361. The van der Waals surface area contributed by atoms with Crippen molar-refractivity contribution in [2.45, 2.75) is 17.4 Å². The summed E-state index contributed by atoms with van der Waals surface area (Å²) in [7, 11) is 0. The van der Waals surface area contributed by atoms with Crippen LogP contribution >= 0.6 is 12.6 Å². The first-order chi connectivity index (χ1) is 7.27. The van der Waals surface area contributed by atoms with Gasteiger partial charge in [-0.25, -0.2) is 0 Å². The molecule has 0 saturated carbocycles. The molecule has 80 valence electrons. The molecule has 0 spiro atoms. The molecule has 3 nitrogen and oxygen atoms in total. The zero-order valence-corrected chi connectivity index (χ0v) is 9.17. The van der Waals surface area contributed by atoms with Crippen LogP contribution in [0.1, 0.15) is 16.8 Å². The number of benzene rings is 1. The lowest BCUT2D eigenvalue weighted by atomic mass is 10.2. The van der Waals surface area contributed by atoms with Crippen molar-refractivity contribution < 1.29 is 9.53 Å². The topological polar surface area (TPSA) is 38.3 Å². The van der Waals surface area contributed by atoms with Crippen LogP contribution < -0.4 is 5.32 Å². The number of hydrogen-bond acceptors (Lipinski definition) is 3. The molecule has 1 unspecified atom stereocenters. The molecule has 0 bridgehead atoms. The van der Waals surface area contributed by atoms with Crippen LogP contribution in [0, 0.1) is 0 Å². The van der Waals surface area contributed by atoms with Crippen LogP contribution in [-0.2, 0) is 4.74 Å². The first kappa shape index (κ1) is 10.5. The summed E-state index contributed by atoms with van der Waals surface area (Å²) in [5.74, 6) is -0.0731. The van der Waals surface area contributed by atoms with Crippen LogP contribution in [0.5, 0.6) is 0 Å². The van der Waals surface area contributed by atoms with Gasteiger partial charge in [-0.05, 0) is 18.6 Å². The largest absolute Gasteiger partial charge is 0.379 e. The highest BCUT2D eigenvalue weighted by atomic mass is 32.1. The molecular weight excluding hydrogens is 210 g/mol. The lowest BCUT2D eigenvalue weighted by Crippen LogP contribution is -2.35. The third-order valence-corrected chi connectivity index (χ3v) is 2.80. The second-order valence-electron chi connectivity index (χ2n) is 3.55. The summed E-state index contributed by atoms with van der Waals surface area (Å²) in [4.78, 5) is 12.5. The van der Waals surface area contributed by atoms with Gasteiger partial charge in [-0.3, -0.25) is 4.79 Å². The Morgan fingerprint density at radius 2 is 2.27 bits per heavy atom. The first-order valence-corrected chi connectivity index (χ1v) is 5.38. The lowest BCUT2D eigenvalue weighted by molar-refractivity contribution is 0.0927. The Morgan fingerprint density at radius 3 is 2.93 bits per heavy atom. The molecule has 1 amide bonds. The summed E-state index contributed by atoms with van der Waals surface area (Å²) in [5.41, 5.74) is 0.618. The van der Waals surface area contributed by atoms with E-state index in [0.717, 1.165) is 13.0 Å². The van der Waals surface area contributed by atoms with E-state index >= 15 is 0 Å². The van der Waals surface area contributed by atoms with Crippen molar-refractivity contribution in [3.8, 4) is 0 Å². The van der Waals surface area contributed by atoms with Crippen molar-refractivity contribution in [3.05, 3.63) is 29.8 Å². The Labute approximate surface area is 94.2 Å². The van der Waals surface area contributed by atoms with Crippen LogP contribution in [0.15, 0.2) is 29.2 Å². The summed E-state index contributed by atoms with van der Waals surface area (Å²) < 4.78 is 5.19. The number of thiol groups is 1. The summed E-state index contributed by atoms with van der Waals surface area (Å²) in [6, 6.07) is 7.42. The predicted octanol–water partition coefficient (Wildman–Crippen LogP) is 1.49. The second kappa shape index (κ2) is 4.68. The molecule has 15 heavy (non-hydrogen) atoms. The van der Waals surface area contributed by atoms with E-state index in [1.807, 2.05) is 18.2 Å². The summed E-state index contributed by atoms with van der Waals surface area (Å²) in [6.45, 7) is 1.34. The molecule has 1 saturated heterocycles. The monoisotopic (exact) mass is 223 g/mol. The van der Waals surface area contributed by atoms with Gasteiger partial charge in [-0.2, -0.15) is 0 Å². The van der Waals surface area contributed by atoms with Crippen LogP contribution in [-0.4, -0.2) is 25.2 Å². The van der Waals surface area contributed by atoms with E-state index in [1.165, 1.54) is 0 Å². The number of rotatable bonds is 2. The molecule has 1 aromatic carbocycles. The predicted molar refractivity (Wildman–Crippen MR) is 60.4 cm³/mol. The fourth-order valence-electron chi connectivity index (χ4n) is 1.58. The molecule has 1 aliphatic rings. The molecule has 2 rings (SSSR count). The SMILES string of the molecule is O=C(NC1CCOC1)c1ccccc1S. The second-order valence-corrected chi connectivity index (χ2v) is 4.03. The van der Waals surface area contributed by atoms with Crippen LogP contribution in [0.2, 0.25) is 0 Å². The maximum Gasteiger partial charge on any atom is 0.252 e. The zero-order chi connectivity index (χ0) is 10.7. The third-order valence-electron chi connectivity index (χ3n) is 2.41. The quantitative estimate of drug-likeness (QED) is 0.746. The standard InChI is InChI=1S/C11H13NO2S/c13-11(12-8-5-6-14-7-8)9-3-1-2-4-10(9)15/h1-4,8,15H,5-7H2,(H,12,13). The molecule has 4 heteroatoms. The van der Waals surface area contributed by atoms with Gasteiger partial charge in [0.1, 0.15) is 0 Å². The minimum Gasteiger partial charge on any atom is -0.379 e. The lowest BCUT2D eigenvalue weighted by Gasteiger charge is -2.11. The third kappa shape index (κ3) is 2.52. The fraction of sp³-hybridized carbons (Fsp3) is 0.364. The molecular formula is C11H13NO2S. The maximum atomic E-state index is 11.8. The molecule has 1 aliphatic heterocycles. The van der Waals surface area contributed by atoms with Crippen molar-refractivity contribution in [3.63, 3.8) is 0 Å². The van der Waals surface area contributed by atoms with Crippen LogP contribution in [0.3, 0.4) is 0 Å². The Hall–Kier alpha value is -1.00. The van der Waals surface area contributed by atoms with Crippen LogP contribution in [0.25, 0.3) is 0 Å². The van der Waals surface area contributed by atoms with Gasteiger partial charge in [-0.15, -0.1) is 12.6 Å². The maximum absolute atomic E-state index is 11.8. The Kier molecular flexibility index (Phi) is 3.28. The highest BCUT2D eigenvalue weighted by molar-refractivity contribution is 7.80. The number of hydrogen-bond donors (Lipinski definition) is 2. The molecule has 0 aromatic heterocycles. The first-order valence-electron chi connectivity index (χ1n) is 4.94. The smallest absolute Gasteiger partial charge is 0.252 e. The van der Waals surface area contributed by atoms with E-state index in [4.69, 9.17) is 4.74 Å². The van der Waals surface area contributed by atoms with Gasteiger partial charge in [0.15, 0.2) is 0 Å². The van der Waals surface area contributed by atoms with Gasteiger partial charge in [0.2, 0.25) is 0 Å². The van der Waals surface area contributed by atoms with Crippen molar-refractivity contribution in [2.75, 3.05) is 13.2 Å². The van der Waals surface area contributed by atoms with Gasteiger partial charge in [0.05, 0.1) is 18.2 Å². The van der Waals surface area contributed by atoms with Gasteiger partial charge < -0.3 is 10.1 Å². The van der Waals surface area contributed by atoms with Crippen molar-refractivity contribution in [2.24, 2.45) is 0 Å². The molecule has 1 atom stereocenters.